The van der Waals surface area contributed by atoms with Gasteiger partial charge in [0, 0.05) is 12.6 Å². The summed E-state index contributed by atoms with van der Waals surface area (Å²) < 4.78 is 5.16. The zero-order valence-electron chi connectivity index (χ0n) is 10.2. The third-order valence-electron chi connectivity index (χ3n) is 2.39. The average Bonchev–Trinajstić information content (AvgIpc) is 2.19. The zero-order valence-corrected chi connectivity index (χ0v) is 10.2. The molecule has 15 heavy (non-hydrogen) atoms. The van der Waals surface area contributed by atoms with E-state index in [1.165, 1.54) is 5.56 Å². The quantitative estimate of drug-likeness (QED) is 0.510. The number of methoxy groups -OCH3 is 1. The second kappa shape index (κ2) is 4.47. The lowest BCUT2D eigenvalue weighted by Crippen LogP contribution is -2.11. The lowest BCUT2D eigenvalue weighted by Gasteiger charge is -2.19. The molecule has 82 valence electrons. The van der Waals surface area contributed by atoms with E-state index < -0.39 is 0 Å². The van der Waals surface area contributed by atoms with Crippen molar-refractivity contribution in [1.29, 1.82) is 0 Å². The normalized spacial score (nSPS) is 12.7. The SMILES string of the molecule is CN=C(OC)c1ccc(C(C)(C)C)cc1. The third-order valence-corrected chi connectivity index (χ3v) is 2.39. The highest BCUT2D eigenvalue weighted by atomic mass is 16.5. The molecule has 0 saturated heterocycles. The first-order chi connectivity index (χ1) is 6.99. The minimum atomic E-state index is 0.190. The van der Waals surface area contributed by atoms with Gasteiger partial charge in [0.05, 0.1) is 7.11 Å². The molecule has 0 bridgehead atoms. The minimum Gasteiger partial charge on any atom is -0.481 e. The summed E-state index contributed by atoms with van der Waals surface area (Å²) in [5, 5.41) is 0. The van der Waals surface area contributed by atoms with Crippen molar-refractivity contribution >= 4 is 5.90 Å². The molecule has 1 aromatic carbocycles. The van der Waals surface area contributed by atoms with Gasteiger partial charge in [-0.15, -0.1) is 0 Å². The van der Waals surface area contributed by atoms with E-state index in [0.29, 0.717) is 5.90 Å². The van der Waals surface area contributed by atoms with Gasteiger partial charge in [0.2, 0.25) is 5.90 Å². The molecule has 1 rings (SSSR count). The Bertz CT molecular complexity index is 344. The van der Waals surface area contributed by atoms with Gasteiger partial charge in [-0.1, -0.05) is 32.9 Å². The number of aliphatic imine (C=N–C) groups is 1. The van der Waals surface area contributed by atoms with Crippen molar-refractivity contribution in [3.63, 3.8) is 0 Å². The van der Waals surface area contributed by atoms with Crippen LogP contribution in [0.5, 0.6) is 0 Å². The van der Waals surface area contributed by atoms with E-state index in [1.807, 2.05) is 12.1 Å². The predicted molar refractivity (Wildman–Crippen MR) is 64.6 cm³/mol. The number of hydrogen-bond donors (Lipinski definition) is 0. The summed E-state index contributed by atoms with van der Waals surface area (Å²) in [6.07, 6.45) is 0. The number of hydrogen-bond acceptors (Lipinski definition) is 2. The fourth-order valence-corrected chi connectivity index (χ4v) is 1.45. The van der Waals surface area contributed by atoms with Gasteiger partial charge in [-0.2, -0.15) is 0 Å². The van der Waals surface area contributed by atoms with E-state index in [-0.39, 0.29) is 5.41 Å². The monoisotopic (exact) mass is 205 g/mol. The van der Waals surface area contributed by atoms with Crippen LogP contribution < -0.4 is 0 Å². The van der Waals surface area contributed by atoms with E-state index >= 15 is 0 Å². The van der Waals surface area contributed by atoms with Crippen LogP contribution in [0.1, 0.15) is 31.9 Å². The number of ether oxygens (including phenoxy) is 1. The summed E-state index contributed by atoms with van der Waals surface area (Å²) in [5.41, 5.74) is 2.53. The van der Waals surface area contributed by atoms with Gasteiger partial charge in [0.1, 0.15) is 0 Å². The summed E-state index contributed by atoms with van der Waals surface area (Å²) >= 11 is 0. The Hall–Kier alpha value is -1.31. The Kier molecular flexibility index (Phi) is 3.51. The standard InChI is InChI=1S/C13H19NO/c1-13(2,3)11-8-6-10(7-9-11)12(14-4)15-5/h6-9H,1-5H3. The van der Waals surface area contributed by atoms with Gasteiger partial charge in [0.25, 0.3) is 0 Å². The van der Waals surface area contributed by atoms with Crippen LogP contribution in [0.3, 0.4) is 0 Å². The smallest absolute Gasteiger partial charge is 0.215 e. The van der Waals surface area contributed by atoms with E-state index in [2.05, 4.69) is 37.9 Å². The van der Waals surface area contributed by atoms with Crippen LogP contribution in [0.25, 0.3) is 0 Å². The summed E-state index contributed by atoms with van der Waals surface area (Å²) in [7, 11) is 3.37. The van der Waals surface area contributed by atoms with Gasteiger partial charge in [-0.3, -0.25) is 4.99 Å². The summed E-state index contributed by atoms with van der Waals surface area (Å²) in [6.45, 7) is 6.60. The minimum absolute atomic E-state index is 0.190. The highest BCUT2D eigenvalue weighted by Gasteiger charge is 2.13. The topological polar surface area (TPSA) is 21.6 Å². The van der Waals surface area contributed by atoms with Crippen molar-refractivity contribution in [2.45, 2.75) is 26.2 Å². The molecule has 0 amide bonds. The highest BCUT2D eigenvalue weighted by molar-refractivity contribution is 5.93. The molecule has 0 radical (unpaired) electrons. The average molecular weight is 205 g/mol. The Labute approximate surface area is 92.0 Å². The van der Waals surface area contributed by atoms with Gasteiger partial charge >= 0.3 is 0 Å². The first-order valence-corrected chi connectivity index (χ1v) is 5.10. The van der Waals surface area contributed by atoms with Gasteiger partial charge < -0.3 is 4.74 Å². The van der Waals surface area contributed by atoms with Crippen LogP contribution in [0.2, 0.25) is 0 Å². The van der Waals surface area contributed by atoms with Crippen LogP contribution in [0, 0.1) is 0 Å². The zero-order chi connectivity index (χ0) is 11.5. The molecule has 0 spiro atoms. The number of rotatable bonds is 1. The third kappa shape index (κ3) is 2.82. The molecule has 2 nitrogen and oxygen atoms in total. The van der Waals surface area contributed by atoms with Gasteiger partial charge in [-0.05, 0) is 23.1 Å². The highest BCUT2D eigenvalue weighted by Crippen LogP contribution is 2.22. The fourth-order valence-electron chi connectivity index (χ4n) is 1.45. The molecule has 0 aliphatic rings. The van der Waals surface area contributed by atoms with Crippen molar-refractivity contribution in [3.05, 3.63) is 35.4 Å². The van der Waals surface area contributed by atoms with Crippen LogP contribution in [0.4, 0.5) is 0 Å². The second-order valence-electron chi connectivity index (χ2n) is 4.56. The van der Waals surface area contributed by atoms with Gasteiger partial charge in [0.15, 0.2) is 0 Å². The van der Waals surface area contributed by atoms with Crippen molar-refractivity contribution in [3.8, 4) is 0 Å². The Morgan fingerprint density at radius 1 is 1.13 bits per heavy atom. The summed E-state index contributed by atoms with van der Waals surface area (Å²) in [5.74, 6) is 0.676. The maximum atomic E-state index is 5.16. The first-order valence-electron chi connectivity index (χ1n) is 5.10. The van der Waals surface area contributed by atoms with Crippen molar-refractivity contribution in [1.82, 2.24) is 0 Å². The number of benzene rings is 1. The molecule has 0 unspecified atom stereocenters. The molecular weight excluding hydrogens is 186 g/mol. The molecule has 0 fully saturated rings. The first kappa shape index (κ1) is 11.8. The Balaban J connectivity index is 3.00. The molecule has 0 aliphatic heterocycles. The lowest BCUT2D eigenvalue weighted by atomic mass is 9.87. The van der Waals surface area contributed by atoms with E-state index in [0.717, 1.165) is 5.56 Å². The van der Waals surface area contributed by atoms with Gasteiger partial charge in [-0.25, -0.2) is 0 Å². The molecule has 0 N–H and O–H groups in total. The second-order valence-corrected chi connectivity index (χ2v) is 4.56. The largest absolute Gasteiger partial charge is 0.481 e. The molecule has 0 aliphatic carbocycles. The predicted octanol–water partition coefficient (Wildman–Crippen LogP) is 3.01. The molecule has 1 aromatic rings. The number of nitrogens with zero attached hydrogens (tertiary/aromatic N) is 1. The molecule has 0 saturated carbocycles. The molecule has 0 atom stereocenters. The molecule has 0 heterocycles. The van der Waals surface area contributed by atoms with E-state index in [9.17, 15) is 0 Å². The van der Waals surface area contributed by atoms with Crippen LogP contribution in [0.15, 0.2) is 29.3 Å². The molecular formula is C13H19NO. The van der Waals surface area contributed by atoms with Crippen LogP contribution in [-0.2, 0) is 10.2 Å². The van der Waals surface area contributed by atoms with E-state index in [1.54, 1.807) is 14.2 Å². The van der Waals surface area contributed by atoms with Crippen molar-refractivity contribution in [2.75, 3.05) is 14.2 Å². The van der Waals surface area contributed by atoms with Crippen molar-refractivity contribution < 1.29 is 4.74 Å². The fraction of sp³-hybridized carbons (Fsp3) is 0.462. The maximum absolute atomic E-state index is 5.16. The van der Waals surface area contributed by atoms with Crippen LogP contribution >= 0.6 is 0 Å². The Morgan fingerprint density at radius 3 is 2.00 bits per heavy atom. The van der Waals surface area contributed by atoms with E-state index in [4.69, 9.17) is 4.74 Å². The summed E-state index contributed by atoms with van der Waals surface area (Å²) in [6, 6.07) is 8.35. The molecule has 0 aromatic heterocycles. The van der Waals surface area contributed by atoms with Crippen molar-refractivity contribution in [2.24, 2.45) is 4.99 Å². The molecule has 2 heteroatoms. The summed E-state index contributed by atoms with van der Waals surface area (Å²) in [4.78, 5) is 4.06. The Morgan fingerprint density at radius 2 is 1.67 bits per heavy atom. The maximum Gasteiger partial charge on any atom is 0.215 e. The van der Waals surface area contributed by atoms with Crippen LogP contribution in [-0.4, -0.2) is 20.1 Å². The lowest BCUT2D eigenvalue weighted by molar-refractivity contribution is 0.404.